The van der Waals surface area contributed by atoms with E-state index >= 15 is 0 Å². The van der Waals surface area contributed by atoms with Gasteiger partial charge in [0, 0.05) is 6.54 Å². The van der Waals surface area contributed by atoms with Crippen LogP contribution in [0.3, 0.4) is 0 Å². The average Bonchev–Trinajstić information content (AvgIpc) is 2.37. The first-order valence-electron chi connectivity index (χ1n) is 9.42. The Balaban J connectivity index is 3.59. The van der Waals surface area contributed by atoms with Crippen molar-refractivity contribution in [3.8, 4) is 0 Å². The predicted molar refractivity (Wildman–Crippen MR) is 95.8 cm³/mol. The summed E-state index contributed by atoms with van der Waals surface area (Å²) in [5, 5.41) is 20.3. The second-order valence-electron chi connectivity index (χ2n) is 7.68. The first-order chi connectivity index (χ1) is 10.2. The van der Waals surface area contributed by atoms with E-state index in [1.54, 1.807) is 32.6 Å². The molecule has 0 aliphatic carbocycles. The zero-order valence-corrected chi connectivity index (χ0v) is 15.8. The fourth-order valence-electron chi connectivity index (χ4n) is 3.15. The van der Waals surface area contributed by atoms with Crippen LogP contribution in [-0.2, 0) is 0 Å². The SMILES string of the molecule is CCCCCCCCCCCCCN(C(C)(C)O)C(C)(C)O. The quantitative estimate of drug-likeness (QED) is 0.348. The standard InChI is InChI=1S/C19H41NO2/c1-6-7-8-9-10-11-12-13-14-15-16-17-20(18(2,3)21)19(4,5)22/h21-22H,6-17H2,1-5H3. The average molecular weight is 316 g/mol. The van der Waals surface area contributed by atoms with Gasteiger partial charge in [0.1, 0.15) is 11.4 Å². The molecule has 3 nitrogen and oxygen atoms in total. The molecule has 2 N–H and O–H groups in total. The molecule has 0 spiro atoms. The minimum absolute atomic E-state index is 0.740. The van der Waals surface area contributed by atoms with E-state index in [1.807, 2.05) is 0 Å². The highest BCUT2D eigenvalue weighted by Crippen LogP contribution is 2.22. The third kappa shape index (κ3) is 11.4. The van der Waals surface area contributed by atoms with Crippen LogP contribution in [0.15, 0.2) is 0 Å². The van der Waals surface area contributed by atoms with Gasteiger partial charge in [0.2, 0.25) is 0 Å². The van der Waals surface area contributed by atoms with Crippen LogP contribution in [0.5, 0.6) is 0 Å². The summed E-state index contributed by atoms with van der Waals surface area (Å²) in [5.74, 6) is 0. The molecule has 0 saturated heterocycles. The van der Waals surface area contributed by atoms with E-state index in [1.165, 1.54) is 64.2 Å². The van der Waals surface area contributed by atoms with Gasteiger partial charge in [-0.25, -0.2) is 4.90 Å². The van der Waals surface area contributed by atoms with E-state index in [0.717, 1.165) is 13.0 Å². The minimum atomic E-state index is -0.975. The van der Waals surface area contributed by atoms with E-state index in [-0.39, 0.29) is 0 Å². The van der Waals surface area contributed by atoms with Crippen LogP contribution in [-0.4, -0.2) is 33.1 Å². The van der Waals surface area contributed by atoms with Crippen molar-refractivity contribution < 1.29 is 10.2 Å². The van der Waals surface area contributed by atoms with E-state index in [9.17, 15) is 10.2 Å². The second-order valence-corrected chi connectivity index (χ2v) is 7.68. The number of nitrogens with zero attached hydrogens (tertiary/aromatic N) is 1. The third-order valence-corrected chi connectivity index (χ3v) is 4.31. The Labute approximate surface area is 139 Å². The summed E-state index contributed by atoms with van der Waals surface area (Å²) in [6.45, 7) is 9.96. The van der Waals surface area contributed by atoms with Crippen LogP contribution >= 0.6 is 0 Å². The lowest BCUT2D eigenvalue weighted by molar-refractivity contribution is -0.200. The van der Waals surface area contributed by atoms with Gasteiger partial charge in [0.05, 0.1) is 0 Å². The summed E-state index contributed by atoms with van der Waals surface area (Å²) in [6, 6.07) is 0. The molecule has 0 aliphatic rings. The molecule has 0 atom stereocenters. The molecule has 0 aromatic rings. The van der Waals surface area contributed by atoms with Gasteiger partial charge in [-0.05, 0) is 34.1 Å². The maximum Gasteiger partial charge on any atom is 0.115 e. The van der Waals surface area contributed by atoms with Crippen molar-refractivity contribution in [2.24, 2.45) is 0 Å². The molecule has 0 rings (SSSR count). The number of unbranched alkanes of at least 4 members (excludes halogenated alkanes) is 10. The van der Waals surface area contributed by atoms with Crippen LogP contribution in [0.4, 0.5) is 0 Å². The van der Waals surface area contributed by atoms with E-state index in [2.05, 4.69) is 6.92 Å². The largest absolute Gasteiger partial charge is 0.376 e. The van der Waals surface area contributed by atoms with Gasteiger partial charge in [-0.1, -0.05) is 71.1 Å². The monoisotopic (exact) mass is 315 g/mol. The van der Waals surface area contributed by atoms with Crippen LogP contribution in [0.2, 0.25) is 0 Å². The number of hydrogen-bond acceptors (Lipinski definition) is 3. The Kier molecular flexibility index (Phi) is 11.4. The maximum atomic E-state index is 10.1. The Morgan fingerprint density at radius 1 is 0.591 bits per heavy atom. The Morgan fingerprint density at radius 3 is 1.23 bits per heavy atom. The summed E-state index contributed by atoms with van der Waals surface area (Å²) >= 11 is 0. The summed E-state index contributed by atoms with van der Waals surface area (Å²) in [6.07, 6.45) is 14.4. The van der Waals surface area contributed by atoms with Gasteiger partial charge in [0.15, 0.2) is 0 Å². The minimum Gasteiger partial charge on any atom is -0.376 e. The Hall–Kier alpha value is -0.120. The topological polar surface area (TPSA) is 43.7 Å². The lowest BCUT2D eigenvalue weighted by atomic mass is 10.0. The molecule has 134 valence electrons. The lowest BCUT2D eigenvalue weighted by Gasteiger charge is -2.42. The van der Waals surface area contributed by atoms with Crippen molar-refractivity contribution in [2.75, 3.05) is 6.54 Å². The molecule has 0 unspecified atom stereocenters. The first-order valence-corrected chi connectivity index (χ1v) is 9.42. The van der Waals surface area contributed by atoms with Crippen LogP contribution in [0.25, 0.3) is 0 Å². The smallest absolute Gasteiger partial charge is 0.115 e. The van der Waals surface area contributed by atoms with Crippen molar-refractivity contribution in [1.29, 1.82) is 0 Å². The van der Waals surface area contributed by atoms with Gasteiger partial charge in [0.25, 0.3) is 0 Å². The van der Waals surface area contributed by atoms with Crippen molar-refractivity contribution in [2.45, 2.75) is 117 Å². The highest BCUT2D eigenvalue weighted by Gasteiger charge is 2.34. The molecule has 0 aliphatic heterocycles. The van der Waals surface area contributed by atoms with Gasteiger partial charge in [-0.3, -0.25) is 0 Å². The van der Waals surface area contributed by atoms with Crippen LogP contribution in [0, 0.1) is 0 Å². The lowest BCUT2D eigenvalue weighted by Crippen LogP contribution is -2.55. The molecule has 0 bridgehead atoms. The number of hydrogen-bond donors (Lipinski definition) is 2. The molecular weight excluding hydrogens is 274 g/mol. The van der Waals surface area contributed by atoms with Gasteiger partial charge < -0.3 is 10.2 Å². The summed E-state index contributed by atoms with van der Waals surface area (Å²) in [4.78, 5) is 1.77. The highest BCUT2D eigenvalue weighted by atomic mass is 16.3. The Bertz CT molecular complexity index is 239. The molecule has 0 aromatic carbocycles. The van der Waals surface area contributed by atoms with Crippen molar-refractivity contribution >= 4 is 0 Å². The first kappa shape index (κ1) is 21.9. The van der Waals surface area contributed by atoms with E-state index in [0.29, 0.717) is 0 Å². The maximum absolute atomic E-state index is 10.1. The molecule has 3 heteroatoms. The zero-order chi connectivity index (χ0) is 17.1. The highest BCUT2D eigenvalue weighted by molar-refractivity contribution is 4.78. The van der Waals surface area contributed by atoms with Crippen molar-refractivity contribution in [1.82, 2.24) is 4.90 Å². The molecule has 0 heterocycles. The predicted octanol–water partition coefficient (Wildman–Crippen LogP) is 5.06. The fraction of sp³-hybridized carbons (Fsp3) is 1.00. The normalized spacial score (nSPS) is 13.1. The van der Waals surface area contributed by atoms with Gasteiger partial charge in [-0.2, -0.15) is 0 Å². The summed E-state index contributed by atoms with van der Waals surface area (Å²) in [5.41, 5.74) is -1.95. The molecule has 0 amide bonds. The molecular formula is C19H41NO2. The zero-order valence-electron chi connectivity index (χ0n) is 15.8. The number of aliphatic hydroxyl groups is 2. The summed E-state index contributed by atoms with van der Waals surface area (Å²) in [7, 11) is 0. The van der Waals surface area contributed by atoms with E-state index in [4.69, 9.17) is 0 Å². The molecule has 0 fully saturated rings. The van der Waals surface area contributed by atoms with Gasteiger partial charge >= 0.3 is 0 Å². The van der Waals surface area contributed by atoms with Crippen LogP contribution in [0.1, 0.15) is 105 Å². The summed E-state index contributed by atoms with van der Waals surface area (Å²) < 4.78 is 0. The fourth-order valence-corrected chi connectivity index (χ4v) is 3.15. The number of rotatable bonds is 14. The van der Waals surface area contributed by atoms with Crippen molar-refractivity contribution in [3.05, 3.63) is 0 Å². The second kappa shape index (κ2) is 11.4. The van der Waals surface area contributed by atoms with Crippen LogP contribution < -0.4 is 0 Å². The van der Waals surface area contributed by atoms with Gasteiger partial charge in [-0.15, -0.1) is 0 Å². The van der Waals surface area contributed by atoms with Crippen molar-refractivity contribution in [3.63, 3.8) is 0 Å². The molecule has 0 radical (unpaired) electrons. The molecule has 0 saturated carbocycles. The Morgan fingerprint density at radius 2 is 0.909 bits per heavy atom. The third-order valence-electron chi connectivity index (χ3n) is 4.31. The van der Waals surface area contributed by atoms with E-state index < -0.39 is 11.4 Å². The molecule has 22 heavy (non-hydrogen) atoms. The molecule has 0 aromatic heterocycles.